The lowest BCUT2D eigenvalue weighted by Gasteiger charge is -2.31. The van der Waals surface area contributed by atoms with Crippen molar-refractivity contribution in [1.82, 2.24) is 10.9 Å². The minimum absolute atomic E-state index is 0.0562. The van der Waals surface area contributed by atoms with Crippen molar-refractivity contribution in [3.63, 3.8) is 0 Å². The first-order valence-corrected chi connectivity index (χ1v) is 15.3. The van der Waals surface area contributed by atoms with E-state index in [0.717, 1.165) is 25.6 Å². The lowest BCUT2D eigenvalue weighted by Crippen LogP contribution is -2.53. The zero-order valence-corrected chi connectivity index (χ0v) is 26.3. The van der Waals surface area contributed by atoms with E-state index in [1.165, 1.54) is 12.1 Å². The maximum absolute atomic E-state index is 14.3. The highest BCUT2D eigenvalue weighted by Gasteiger charge is 2.53. The van der Waals surface area contributed by atoms with Gasteiger partial charge in [-0.2, -0.15) is 0 Å². The van der Waals surface area contributed by atoms with Crippen LogP contribution in [0.15, 0.2) is 111 Å². The summed E-state index contributed by atoms with van der Waals surface area (Å²) in [6.07, 6.45) is 0.0233. The summed E-state index contributed by atoms with van der Waals surface area (Å²) in [7, 11) is 0. The Labute approximate surface area is 266 Å². The molecule has 222 valence electrons. The molecule has 0 radical (unpaired) electrons. The van der Waals surface area contributed by atoms with E-state index in [1.54, 1.807) is 12.1 Å². The Morgan fingerprint density at radius 3 is 2.40 bits per heavy atom. The number of nitrogens with zero attached hydrogens (tertiary/aromatic N) is 1. The Morgan fingerprint density at radius 2 is 1.70 bits per heavy atom. The van der Waals surface area contributed by atoms with Gasteiger partial charge in [-0.15, -0.1) is 0 Å². The molecular weight excluding hydrogens is 681 g/mol. The van der Waals surface area contributed by atoms with Crippen molar-refractivity contribution in [2.45, 2.75) is 31.0 Å². The Hall–Kier alpha value is -3.57. The van der Waals surface area contributed by atoms with Crippen LogP contribution >= 0.6 is 31.9 Å². The predicted octanol–water partition coefficient (Wildman–Crippen LogP) is 6.43. The van der Waals surface area contributed by atoms with Gasteiger partial charge in [0.15, 0.2) is 11.6 Å². The number of carbonyl (C=O) groups excluding carboxylic acids is 1. The van der Waals surface area contributed by atoms with Crippen molar-refractivity contribution in [1.29, 1.82) is 0 Å². The molecule has 3 N–H and O–H groups in total. The average Bonchev–Trinajstić information content (AvgIpc) is 3.40. The fourth-order valence-electron chi connectivity index (χ4n) is 4.79. The molecule has 0 fully saturated rings. The second kappa shape index (κ2) is 14.3. The van der Waals surface area contributed by atoms with Crippen molar-refractivity contribution < 1.29 is 23.8 Å². The number of aliphatic imine (C=N–C) groups is 1. The molecular formula is C33H30Br2FN3O4. The topological polar surface area (TPSA) is 92.2 Å². The first-order chi connectivity index (χ1) is 20.9. The molecule has 1 amide bonds. The third kappa shape index (κ3) is 7.51. The summed E-state index contributed by atoms with van der Waals surface area (Å²) in [5.41, 5.74) is 7.62. The van der Waals surface area contributed by atoms with E-state index >= 15 is 0 Å². The van der Waals surface area contributed by atoms with Gasteiger partial charge in [-0.05, 0) is 71.3 Å². The standard InChI is InChI=1S/C33H30Br2FN3O4/c34-26-12-8-23(9-13-26)30-33(20-25-4-1-2-5-29(25)35,32(41)39-37-21-22-6-14-27(36)15-7-22)38-31(43-30)24-10-16-28(17-11-24)42-19-3-18-40/h1-2,4-17,30,37,40H,3,18-21H2,(H,39,41)/t30-,33-/m0/s1. The number of benzene rings is 4. The molecule has 0 aliphatic carbocycles. The molecule has 0 unspecified atom stereocenters. The molecule has 1 aliphatic heterocycles. The molecule has 0 saturated carbocycles. The number of aliphatic hydroxyl groups excluding tert-OH is 1. The van der Waals surface area contributed by atoms with Crippen LogP contribution in [0, 0.1) is 5.82 Å². The van der Waals surface area contributed by atoms with Crippen LogP contribution in [0.3, 0.4) is 0 Å². The largest absolute Gasteiger partial charge is 0.494 e. The monoisotopic (exact) mass is 709 g/mol. The summed E-state index contributed by atoms with van der Waals surface area (Å²) in [6, 6.07) is 28.7. The smallest absolute Gasteiger partial charge is 0.266 e. The highest BCUT2D eigenvalue weighted by molar-refractivity contribution is 9.10. The second-order valence-corrected chi connectivity index (χ2v) is 11.8. The van der Waals surface area contributed by atoms with Crippen LogP contribution in [0.4, 0.5) is 4.39 Å². The summed E-state index contributed by atoms with van der Waals surface area (Å²) in [4.78, 5) is 19.3. The van der Waals surface area contributed by atoms with Crippen LogP contribution in [-0.2, 0) is 22.5 Å². The molecule has 1 aliphatic rings. The fourth-order valence-corrected chi connectivity index (χ4v) is 5.48. The molecule has 0 saturated heterocycles. The van der Waals surface area contributed by atoms with Gasteiger partial charge in [0.2, 0.25) is 5.90 Å². The average molecular weight is 711 g/mol. The van der Waals surface area contributed by atoms with Crippen molar-refractivity contribution in [3.8, 4) is 5.75 Å². The van der Waals surface area contributed by atoms with Crippen LogP contribution in [-0.4, -0.2) is 35.7 Å². The van der Waals surface area contributed by atoms with E-state index in [0.29, 0.717) is 30.2 Å². The van der Waals surface area contributed by atoms with Gasteiger partial charge in [-0.25, -0.2) is 14.8 Å². The molecule has 43 heavy (non-hydrogen) atoms. The van der Waals surface area contributed by atoms with Gasteiger partial charge in [0, 0.05) is 40.5 Å². The summed E-state index contributed by atoms with van der Waals surface area (Å²) >= 11 is 7.14. The lowest BCUT2D eigenvalue weighted by atomic mass is 9.82. The zero-order valence-electron chi connectivity index (χ0n) is 23.1. The first-order valence-electron chi connectivity index (χ1n) is 13.8. The van der Waals surface area contributed by atoms with E-state index in [-0.39, 0.29) is 31.3 Å². The molecule has 4 aromatic carbocycles. The SMILES string of the molecule is O=C(NNCc1ccc(F)cc1)[C@@]1(Cc2ccccc2Br)N=C(c2ccc(OCCCO)cc2)O[C@H]1c1ccc(Br)cc1. The molecule has 1 heterocycles. The van der Waals surface area contributed by atoms with Gasteiger partial charge in [0.25, 0.3) is 5.91 Å². The van der Waals surface area contributed by atoms with Crippen molar-refractivity contribution >= 4 is 43.7 Å². The van der Waals surface area contributed by atoms with Gasteiger partial charge in [0.05, 0.1) is 6.61 Å². The number of carbonyl (C=O) groups is 1. The second-order valence-electron chi connectivity index (χ2n) is 10.0. The molecule has 4 aromatic rings. The van der Waals surface area contributed by atoms with Crippen molar-refractivity contribution in [2.75, 3.05) is 13.2 Å². The van der Waals surface area contributed by atoms with Crippen LogP contribution in [0.1, 0.15) is 34.8 Å². The van der Waals surface area contributed by atoms with E-state index in [9.17, 15) is 9.18 Å². The van der Waals surface area contributed by atoms with Gasteiger partial charge >= 0.3 is 0 Å². The summed E-state index contributed by atoms with van der Waals surface area (Å²) in [6.45, 7) is 0.745. The predicted molar refractivity (Wildman–Crippen MR) is 170 cm³/mol. The number of nitrogens with one attached hydrogen (secondary N) is 2. The maximum Gasteiger partial charge on any atom is 0.266 e. The van der Waals surface area contributed by atoms with Gasteiger partial charge in [-0.3, -0.25) is 10.2 Å². The summed E-state index contributed by atoms with van der Waals surface area (Å²) in [5, 5.41) is 9.04. The molecule has 0 bridgehead atoms. The highest BCUT2D eigenvalue weighted by atomic mass is 79.9. The third-order valence-corrected chi connectivity index (χ3v) is 8.33. The van der Waals surface area contributed by atoms with Gasteiger partial charge in [-0.1, -0.05) is 74.3 Å². The lowest BCUT2D eigenvalue weighted by molar-refractivity contribution is -0.130. The number of halogens is 3. The van der Waals surface area contributed by atoms with E-state index in [4.69, 9.17) is 19.6 Å². The number of rotatable bonds is 12. The van der Waals surface area contributed by atoms with E-state index in [2.05, 4.69) is 42.7 Å². The normalized spacial score (nSPS) is 17.7. The Bertz CT molecular complexity index is 1570. The minimum atomic E-state index is -1.39. The molecule has 10 heteroatoms. The fraction of sp³-hybridized carbons (Fsp3) is 0.212. The Morgan fingerprint density at radius 1 is 0.977 bits per heavy atom. The summed E-state index contributed by atoms with van der Waals surface area (Å²) < 4.78 is 27.4. The van der Waals surface area contributed by atoms with Crippen LogP contribution < -0.4 is 15.6 Å². The molecule has 0 aromatic heterocycles. The third-order valence-electron chi connectivity index (χ3n) is 7.03. The molecule has 2 atom stereocenters. The van der Waals surface area contributed by atoms with Crippen LogP contribution in [0.2, 0.25) is 0 Å². The van der Waals surface area contributed by atoms with Crippen LogP contribution in [0.25, 0.3) is 0 Å². The zero-order chi connectivity index (χ0) is 30.2. The number of ether oxygens (including phenoxy) is 2. The van der Waals surface area contributed by atoms with E-state index < -0.39 is 11.6 Å². The molecule has 7 nitrogen and oxygen atoms in total. The summed E-state index contributed by atoms with van der Waals surface area (Å²) in [5.74, 6) is 0.280. The van der Waals surface area contributed by atoms with Crippen molar-refractivity contribution in [3.05, 3.63) is 134 Å². The maximum atomic E-state index is 14.3. The van der Waals surface area contributed by atoms with Crippen molar-refractivity contribution in [2.24, 2.45) is 4.99 Å². The van der Waals surface area contributed by atoms with E-state index in [1.807, 2.05) is 72.8 Å². The minimum Gasteiger partial charge on any atom is -0.494 e. The number of hydrazine groups is 1. The number of hydrogen-bond donors (Lipinski definition) is 3. The quantitative estimate of drug-likeness (QED) is 0.116. The number of amides is 1. The van der Waals surface area contributed by atoms with Gasteiger partial charge in [0.1, 0.15) is 11.6 Å². The molecule has 5 rings (SSSR count). The van der Waals surface area contributed by atoms with Gasteiger partial charge < -0.3 is 14.6 Å². The number of aliphatic hydroxyl groups is 1. The Kier molecular flexibility index (Phi) is 10.2. The molecule has 0 spiro atoms. The highest BCUT2D eigenvalue weighted by Crippen LogP contribution is 2.43. The Balaban J connectivity index is 1.51. The van der Waals surface area contributed by atoms with Crippen LogP contribution in [0.5, 0.6) is 5.75 Å². The number of hydrogen-bond acceptors (Lipinski definition) is 6. The first kappa shape index (κ1) is 30.9.